The number of aliphatic hydroxyl groups excluding tert-OH is 1. The number of carbonyl (C=O) groups is 3. The van der Waals surface area contributed by atoms with Crippen molar-refractivity contribution in [1.29, 1.82) is 0 Å². The molecule has 1 N–H and O–H groups in total. The predicted molar refractivity (Wildman–Crippen MR) is 145 cm³/mol. The first-order valence-electron chi connectivity index (χ1n) is 13.4. The minimum Gasteiger partial charge on any atom is -0.465 e. The van der Waals surface area contributed by atoms with Crippen LogP contribution in [-0.2, 0) is 25.8 Å². The second kappa shape index (κ2) is 9.48. The van der Waals surface area contributed by atoms with E-state index >= 15 is 0 Å². The molecule has 0 saturated carbocycles. The number of amides is 2. The van der Waals surface area contributed by atoms with Gasteiger partial charge in [0.2, 0.25) is 11.8 Å². The number of carbonyl (C=O) groups excluding carboxylic acids is 3. The van der Waals surface area contributed by atoms with Gasteiger partial charge in [-0.3, -0.25) is 14.4 Å². The van der Waals surface area contributed by atoms with Crippen LogP contribution < -0.4 is 0 Å². The summed E-state index contributed by atoms with van der Waals surface area (Å²) in [4.78, 5) is 45.6. The van der Waals surface area contributed by atoms with Crippen molar-refractivity contribution in [3.05, 3.63) is 48.6 Å². The first-order valence-corrected chi connectivity index (χ1v) is 14.3. The maximum atomic E-state index is 14.6. The number of aromatic nitrogens is 3. The van der Waals surface area contributed by atoms with Crippen molar-refractivity contribution in [3.8, 4) is 0 Å². The number of para-hydroxylation sites is 1. The molecule has 5 heterocycles. The van der Waals surface area contributed by atoms with Gasteiger partial charge >= 0.3 is 5.97 Å². The van der Waals surface area contributed by atoms with Crippen LogP contribution in [0.25, 0.3) is 11.0 Å². The summed E-state index contributed by atoms with van der Waals surface area (Å²) in [7, 11) is 0. The fourth-order valence-electron chi connectivity index (χ4n) is 6.76. The molecule has 0 radical (unpaired) electrons. The molecule has 10 nitrogen and oxygen atoms in total. The average molecular weight is 552 g/mol. The molecule has 6 atom stereocenters. The molecule has 2 amide bonds. The fourth-order valence-corrected chi connectivity index (χ4v) is 8.90. The van der Waals surface area contributed by atoms with Crippen LogP contribution in [0, 0.1) is 17.8 Å². The van der Waals surface area contributed by atoms with Crippen LogP contribution in [0.4, 0.5) is 0 Å². The van der Waals surface area contributed by atoms with Crippen molar-refractivity contribution in [1.82, 2.24) is 24.8 Å². The highest BCUT2D eigenvalue weighted by Crippen LogP contribution is 2.65. The molecule has 4 aliphatic rings. The van der Waals surface area contributed by atoms with E-state index < -0.39 is 39.4 Å². The normalized spacial score (nSPS) is 33.1. The number of nitrogens with zero attached hydrogens (tertiary/aromatic N) is 5. The van der Waals surface area contributed by atoms with Crippen molar-refractivity contribution in [2.75, 3.05) is 19.8 Å². The quantitative estimate of drug-likeness (QED) is 0.443. The Morgan fingerprint density at radius 1 is 1.13 bits per heavy atom. The Kier molecular flexibility index (Phi) is 6.33. The third-order valence-electron chi connectivity index (χ3n) is 8.58. The highest BCUT2D eigenvalue weighted by Gasteiger charge is 2.74. The summed E-state index contributed by atoms with van der Waals surface area (Å²) < 4.78 is 5.55. The van der Waals surface area contributed by atoms with Gasteiger partial charge in [0.25, 0.3) is 0 Å². The molecular weight excluding hydrogens is 518 g/mol. The van der Waals surface area contributed by atoms with Crippen LogP contribution in [0.2, 0.25) is 0 Å². The zero-order valence-electron chi connectivity index (χ0n) is 22.3. The van der Waals surface area contributed by atoms with E-state index in [0.29, 0.717) is 13.0 Å². The minimum absolute atomic E-state index is 0.108. The van der Waals surface area contributed by atoms with Crippen LogP contribution in [0.3, 0.4) is 0 Å². The van der Waals surface area contributed by atoms with E-state index in [1.807, 2.05) is 69.3 Å². The lowest BCUT2D eigenvalue weighted by atomic mass is 9.74. The van der Waals surface area contributed by atoms with E-state index in [1.54, 1.807) is 14.5 Å². The zero-order valence-corrected chi connectivity index (χ0v) is 23.1. The number of fused-ring (bicyclic) bond motifs is 3. The van der Waals surface area contributed by atoms with E-state index in [0.717, 1.165) is 11.0 Å². The first-order chi connectivity index (χ1) is 18.7. The summed E-state index contributed by atoms with van der Waals surface area (Å²) in [5.41, 5.74) is 1.53. The van der Waals surface area contributed by atoms with Crippen molar-refractivity contribution in [3.63, 3.8) is 0 Å². The Morgan fingerprint density at radius 2 is 1.92 bits per heavy atom. The summed E-state index contributed by atoms with van der Waals surface area (Å²) in [6.07, 6.45) is 8.50. The van der Waals surface area contributed by atoms with Gasteiger partial charge in [-0.15, -0.1) is 16.9 Å². The van der Waals surface area contributed by atoms with Crippen molar-refractivity contribution < 1.29 is 24.2 Å². The van der Waals surface area contributed by atoms with Crippen molar-refractivity contribution >= 4 is 40.6 Å². The molecule has 11 heteroatoms. The van der Waals surface area contributed by atoms with Gasteiger partial charge in [-0.1, -0.05) is 55.5 Å². The van der Waals surface area contributed by atoms with Crippen LogP contribution in [0.1, 0.15) is 27.2 Å². The maximum absolute atomic E-state index is 14.6. The van der Waals surface area contributed by atoms with Gasteiger partial charge in [0.1, 0.15) is 18.2 Å². The van der Waals surface area contributed by atoms with Crippen LogP contribution in [0.15, 0.2) is 48.6 Å². The largest absolute Gasteiger partial charge is 0.465 e. The highest BCUT2D eigenvalue weighted by molar-refractivity contribution is 8.02. The molecule has 206 valence electrons. The number of hydrogen-bond acceptors (Lipinski definition) is 8. The first kappa shape index (κ1) is 26.1. The maximum Gasteiger partial charge on any atom is 0.311 e. The number of esters is 1. The average Bonchev–Trinajstić information content (AvgIpc) is 3.45. The van der Waals surface area contributed by atoms with Crippen molar-refractivity contribution in [2.24, 2.45) is 17.8 Å². The molecule has 1 spiro atoms. The molecule has 0 aliphatic carbocycles. The van der Waals surface area contributed by atoms with E-state index in [-0.39, 0.29) is 37.6 Å². The summed E-state index contributed by atoms with van der Waals surface area (Å²) in [5.74, 6) is -2.60. The van der Waals surface area contributed by atoms with Gasteiger partial charge in [-0.2, -0.15) is 0 Å². The number of thioether (sulfide) groups is 1. The van der Waals surface area contributed by atoms with E-state index in [4.69, 9.17) is 4.74 Å². The Labute approximate surface area is 231 Å². The number of cyclic esters (lactones) is 1. The number of likely N-dealkylation sites (tertiary alicyclic amines) is 1. The molecule has 1 aromatic heterocycles. The number of ether oxygens (including phenoxy) is 1. The summed E-state index contributed by atoms with van der Waals surface area (Å²) >= 11 is 1.50. The summed E-state index contributed by atoms with van der Waals surface area (Å²) in [6.45, 7) is 6.25. The zero-order chi connectivity index (χ0) is 27.5. The monoisotopic (exact) mass is 551 g/mol. The van der Waals surface area contributed by atoms with E-state index in [9.17, 15) is 19.5 Å². The van der Waals surface area contributed by atoms with Gasteiger partial charge in [-0.25, -0.2) is 4.68 Å². The van der Waals surface area contributed by atoms with Crippen LogP contribution in [-0.4, -0.2) is 89.0 Å². The predicted octanol–water partition coefficient (Wildman–Crippen LogP) is 1.99. The Bertz CT molecular complexity index is 1390. The molecule has 6 rings (SSSR count). The molecule has 2 saturated heterocycles. The lowest BCUT2D eigenvalue weighted by Gasteiger charge is -2.41. The molecular formula is C28H33N5O5S. The molecule has 1 unspecified atom stereocenters. The molecule has 0 bridgehead atoms. The molecule has 2 aromatic rings. The lowest BCUT2D eigenvalue weighted by Crippen LogP contribution is -2.58. The summed E-state index contributed by atoms with van der Waals surface area (Å²) in [5, 5.41) is 18.9. The second-order valence-electron chi connectivity index (χ2n) is 11.3. The Balaban J connectivity index is 1.47. The number of hydrogen-bond donors (Lipinski definition) is 1. The van der Waals surface area contributed by atoms with Gasteiger partial charge < -0.3 is 19.6 Å². The van der Waals surface area contributed by atoms with Gasteiger partial charge in [0.05, 0.1) is 41.4 Å². The van der Waals surface area contributed by atoms with Crippen LogP contribution in [0.5, 0.6) is 0 Å². The molecule has 39 heavy (non-hydrogen) atoms. The smallest absolute Gasteiger partial charge is 0.311 e. The standard InChI is InChI=1S/C28H33N5O5S/c1-17(2)20(15-34)33-23-25(36)31(16-32-19-10-5-4-9-18(19)29-30-32)13-8-12-28(23)21(24(33)35)22-26(37)38-14-7-6-11-27(22,3)39-28/h4-6,8-12,17,20-23,34H,7,13-16H2,1-3H3/t20-,21-,22-,23?,27+,28-/m0/s1. The Hall–Kier alpha value is -3.18. The molecule has 1 aromatic carbocycles. The van der Waals surface area contributed by atoms with E-state index in [2.05, 4.69) is 10.3 Å². The third kappa shape index (κ3) is 3.84. The summed E-state index contributed by atoms with van der Waals surface area (Å²) in [6, 6.07) is 6.06. The molecule has 2 fully saturated rings. The highest BCUT2D eigenvalue weighted by atomic mass is 32.2. The van der Waals surface area contributed by atoms with Gasteiger partial charge in [0, 0.05) is 11.3 Å². The van der Waals surface area contributed by atoms with Gasteiger partial charge in [0.15, 0.2) is 0 Å². The van der Waals surface area contributed by atoms with Gasteiger partial charge in [-0.05, 0) is 31.4 Å². The topological polar surface area (TPSA) is 118 Å². The second-order valence-corrected chi connectivity index (χ2v) is 13.1. The number of benzene rings is 1. The number of rotatable bonds is 5. The Morgan fingerprint density at radius 3 is 2.69 bits per heavy atom. The molecule has 4 aliphatic heterocycles. The van der Waals surface area contributed by atoms with Crippen LogP contribution >= 0.6 is 11.8 Å². The van der Waals surface area contributed by atoms with E-state index in [1.165, 1.54) is 11.8 Å². The van der Waals surface area contributed by atoms with Crippen molar-refractivity contribution in [2.45, 2.75) is 55.4 Å². The fraction of sp³-hybridized carbons (Fsp3) is 0.536. The minimum atomic E-state index is -0.997. The number of aliphatic hydroxyl groups is 1. The SMILES string of the molecule is CC(C)[C@H](CO)N1C(=O)[C@@H]2[C@H]3C(=O)OCCC=C[C@@]3(C)S[C@@]23C=CCN(Cn2nnc4ccccc42)C(=O)C13. The third-order valence-corrected chi connectivity index (χ3v) is 10.4. The lowest BCUT2D eigenvalue weighted by molar-refractivity contribution is -0.155.